The molecular formula is C13H27N3O. The van der Waals surface area contributed by atoms with Crippen molar-refractivity contribution in [2.24, 2.45) is 16.8 Å². The van der Waals surface area contributed by atoms with Crippen LogP contribution in [-0.2, 0) is 0 Å². The molecule has 1 rings (SSSR count). The fourth-order valence-corrected chi connectivity index (χ4v) is 2.48. The van der Waals surface area contributed by atoms with Gasteiger partial charge < -0.3 is 16.3 Å². The van der Waals surface area contributed by atoms with E-state index in [0.29, 0.717) is 18.3 Å². The van der Waals surface area contributed by atoms with E-state index in [1.807, 2.05) is 0 Å². The number of hydrogen-bond donors (Lipinski definition) is 3. The van der Waals surface area contributed by atoms with Crippen molar-refractivity contribution < 1.29 is 5.21 Å². The SMILES string of the molecule is CC1CCCC(NCCCCC(N)=NO)CC1. The minimum atomic E-state index is 0.341. The lowest BCUT2D eigenvalue weighted by atomic mass is 10.0. The van der Waals surface area contributed by atoms with E-state index >= 15 is 0 Å². The second kappa shape index (κ2) is 8.34. The van der Waals surface area contributed by atoms with Crippen molar-refractivity contribution in [3.63, 3.8) is 0 Å². The monoisotopic (exact) mass is 241 g/mol. The van der Waals surface area contributed by atoms with Crippen LogP contribution in [0.4, 0.5) is 0 Å². The molecule has 0 amide bonds. The fraction of sp³-hybridized carbons (Fsp3) is 0.923. The van der Waals surface area contributed by atoms with Gasteiger partial charge in [-0.3, -0.25) is 0 Å². The highest BCUT2D eigenvalue weighted by atomic mass is 16.4. The Kier molecular flexibility index (Phi) is 7.01. The van der Waals surface area contributed by atoms with Gasteiger partial charge in [0.2, 0.25) is 0 Å². The summed E-state index contributed by atoms with van der Waals surface area (Å²) in [6, 6.07) is 0.712. The number of oxime groups is 1. The Hall–Kier alpha value is -0.770. The van der Waals surface area contributed by atoms with Crippen LogP contribution in [0.15, 0.2) is 5.16 Å². The van der Waals surface area contributed by atoms with Crippen LogP contribution in [0.25, 0.3) is 0 Å². The van der Waals surface area contributed by atoms with Crippen molar-refractivity contribution in [1.29, 1.82) is 0 Å². The molecule has 0 aromatic rings. The van der Waals surface area contributed by atoms with E-state index in [9.17, 15) is 0 Å². The van der Waals surface area contributed by atoms with Crippen LogP contribution >= 0.6 is 0 Å². The third-order valence-electron chi connectivity index (χ3n) is 3.68. The molecule has 1 aliphatic carbocycles. The molecule has 1 saturated carbocycles. The number of nitrogens with one attached hydrogen (secondary N) is 1. The van der Waals surface area contributed by atoms with Crippen molar-refractivity contribution in [2.75, 3.05) is 6.54 Å². The Bertz CT molecular complexity index is 231. The number of nitrogens with zero attached hydrogens (tertiary/aromatic N) is 1. The summed E-state index contributed by atoms with van der Waals surface area (Å²) in [5.41, 5.74) is 5.41. The standard InChI is InChI=1S/C13H27N3O/c1-11-5-4-6-12(9-8-11)15-10-3-2-7-13(14)16-17/h11-12,15,17H,2-10H2,1H3,(H2,14,16). The molecule has 17 heavy (non-hydrogen) atoms. The van der Waals surface area contributed by atoms with Crippen LogP contribution in [0.1, 0.15) is 58.3 Å². The first-order valence-electron chi connectivity index (χ1n) is 6.92. The first-order valence-corrected chi connectivity index (χ1v) is 6.92. The summed E-state index contributed by atoms with van der Waals surface area (Å²) in [6.07, 6.45) is 9.55. The maximum atomic E-state index is 8.40. The lowest BCUT2D eigenvalue weighted by molar-refractivity contribution is 0.316. The van der Waals surface area contributed by atoms with E-state index in [1.54, 1.807) is 0 Å². The quantitative estimate of drug-likeness (QED) is 0.167. The minimum Gasteiger partial charge on any atom is -0.409 e. The van der Waals surface area contributed by atoms with Gasteiger partial charge in [0.25, 0.3) is 0 Å². The van der Waals surface area contributed by atoms with Gasteiger partial charge in [-0.1, -0.05) is 24.9 Å². The topological polar surface area (TPSA) is 70.6 Å². The Morgan fingerprint density at radius 1 is 1.29 bits per heavy atom. The molecule has 0 saturated heterocycles. The van der Waals surface area contributed by atoms with Crippen LogP contribution in [0.2, 0.25) is 0 Å². The number of unbranched alkanes of at least 4 members (excludes halogenated alkanes) is 1. The van der Waals surface area contributed by atoms with Crippen LogP contribution in [0, 0.1) is 5.92 Å². The highest BCUT2D eigenvalue weighted by Gasteiger charge is 2.14. The first-order chi connectivity index (χ1) is 8.22. The van der Waals surface area contributed by atoms with Crippen molar-refractivity contribution >= 4 is 5.84 Å². The Morgan fingerprint density at radius 2 is 2.12 bits per heavy atom. The van der Waals surface area contributed by atoms with Gasteiger partial charge in [-0.25, -0.2) is 0 Å². The fourth-order valence-electron chi connectivity index (χ4n) is 2.48. The molecule has 0 aromatic heterocycles. The normalized spacial score (nSPS) is 26.8. The van der Waals surface area contributed by atoms with Gasteiger partial charge in [-0.05, 0) is 44.6 Å². The molecule has 0 heterocycles. The molecule has 0 radical (unpaired) electrons. The molecule has 4 heteroatoms. The van der Waals surface area contributed by atoms with Crippen molar-refractivity contribution in [3.8, 4) is 0 Å². The summed E-state index contributed by atoms with van der Waals surface area (Å²) in [6.45, 7) is 3.41. The molecule has 0 aliphatic heterocycles. The highest BCUT2D eigenvalue weighted by molar-refractivity contribution is 5.79. The van der Waals surface area contributed by atoms with E-state index in [1.165, 1.54) is 32.1 Å². The zero-order valence-electron chi connectivity index (χ0n) is 11.0. The molecule has 2 atom stereocenters. The van der Waals surface area contributed by atoms with Crippen LogP contribution < -0.4 is 11.1 Å². The zero-order chi connectivity index (χ0) is 12.5. The Balaban J connectivity index is 2.02. The molecule has 4 N–H and O–H groups in total. The zero-order valence-corrected chi connectivity index (χ0v) is 11.0. The number of hydrogen-bond acceptors (Lipinski definition) is 3. The largest absolute Gasteiger partial charge is 0.409 e. The van der Waals surface area contributed by atoms with Gasteiger partial charge in [-0.15, -0.1) is 0 Å². The second-order valence-corrected chi connectivity index (χ2v) is 5.31. The average molecular weight is 241 g/mol. The number of amidine groups is 1. The van der Waals surface area contributed by atoms with E-state index in [-0.39, 0.29) is 0 Å². The molecule has 1 fully saturated rings. The van der Waals surface area contributed by atoms with E-state index in [2.05, 4.69) is 17.4 Å². The maximum absolute atomic E-state index is 8.40. The molecule has 0 bridgehead atoms. The summed E-state index contributed by atoms with van der Waals surface area (Å²) < 4.78 is 0. The number of rotatable bonds is 6. The molecule has 100 valence electrons. The Morgan fingerprint density at radius 3 is 2.88 bits per heavy atom. The first kappa shape index (κ1) is 14.3. The molecule has 1 aliphatic rings. The smallest absolute Gasteiger partial charge is 0.139 e. The summed E-state index contributed by atoms with van der Waals surface area (Å²) in [4.78, 5) is 0. The summed E-state index contributed by atoms with van der Waals surface area (Å²) in [7, 11) is 0. The highest BCUT2D eigenvalue weighted by Crippen LogP contribution is 2.22. The van der Waals surface area contributed by atoms with Crippen molar-refractivity contribution in [2.45, 2.75) is 64.3 Å². The van der Waals surface area contributed by atoms with Crippen molar-refractivity contribution in [3.05, 3.63) is 0 Å². The minimum absolute atomic E-state index is 0.341. The molecular weight excluding hydrogens is 214 g/mol. The molecule has 2 unspecified atom stereocenters. The Labute approximate surface area is 105 Å². The van der Waals surface area contributed by atoms with Gasteiger partial charge in [0, 0.05) is 12.5 Å². The van der Waals surface area contributed by atoms with Gasteiger partial charge in [0.05, 0.1) is 0 Å². The van der Waals surface area contributed by atoms with Gasteiger partial charge in [0.1, 0.15) is 5.84 Å². The van der Waals surface area contributed by atoms with E-state index < -0.39 is 0 Å². The molecule has 4 nitrogen and oxygen atoms in total. The summed E-state index contributed by atoms with van der Waals surface area (Å²) in [5, 5.41) is 15.0. The van der Waals surface area contributed by atoms with E-state index in [0.717, 1.165) is 25.3 Å². The molecule has 0 spiro atoms. The van der Waals surface area contributed by atoms with Crippen LogP contribution in [0.3, 0.4) is 0 Å². The summed E-state index contributed by atoms with van der Waals surface area (Å²) in [5.74, 6) is 1.25. The lowest BCUT2D eigenvalue weighted by Gasteiger charge is -2.16. The second-order valence-electron chi connectivity index (χ2n) is 5.31. The van der Waals surface area contributed by atoms with Crippen LogP contribution in [0.5, 0.6) is 0 Å². The summed E-state index contributed by atoms with van der Waals surface area (Å²) >= 11 is 0. The lowest BCUT2D eigenvalue weighted by Crippen LogP contribution is -2.29. The van der Waals surface area contributed by atoms with Gasteiger partial charge in [0.15, 0.2) is 0 Å². The third kappa shape index (κ3) is 6.51. The molecule has 0 aromatic carbocycles. The van der Waals surface area contributed by atoms with Crippen LogP contribution in [-0.4, -0.2) is 23.6 Å². The van der Waals surface area contributed by atoms with Gasteiger partial charge >= 0.3 is 0 Å². The maximum Gasteiger partial charge on any atom is 0.139 e. The number of nitrogens with two attached hydrogens (primary N) is 1. The van der Waals surface area contributed by atoms with E-state index in [4.69, 9.17) is 10.9 Å². The van der Waals surface area contributed by atoms with Gasteiger partial charge in [-0.2, -0.15) is 0 Å². The predicted octanol–water partition coefficient (Wildman–Crippen LogP) is 2.46. The van der Waals surface area contributed by atoms with Crippen molar-refractivity contribution in [1.82, 2.24) is 5.32 Å². The average Bonchev–Trinajstić information content (AvgIpc) is 2.53. The third-order valence-corrected chi connectivity index (χ3v) is 3.68. The predicted molar refractivity (Wildman–Crippen MR) is 71.3 cm³/mol.